The standard InChI is InChI=1S/C13H16Cl2N6O/c1-7(2)6-21-12(15)9(8(3)20-21)4-16-18-10-5-17-19-13(22)11(10)14/h4-5,7H,6H2,1-3H3,(H2,18,19,22)/b16-4-. The van der Waals surface area contributed by atoms with Crippen LogP contribution in [-0.4, -0.2) is 26.2 Å². The van der Waals surface area contributed by atoms with Gasteiger partial charge in [-0.1, -0.05) is 37.0 Å². The Kier molecular flexibility index (Phi) is 5.20. The zero-order valence-corrected chi connectivity index (χ0v) is 13.9. The van der Waals surface area contributed by atoms with Crippen molar-refractivity contribution >= 4 is 35.1 Å². The van der Waals surface area contributed by atoms with Crippen molar-refractivity contribution in [1.29, 1.82) is 0 Å². The molecule has 2 heterocycles. The van der Waals surface area contributed by atoms with E-state index in [2.05, 4.69) is 39.7 Å². The first-order valence-electron chi connectivity index (χ1n) is 6.65. The number of aromatic amines is 1. The van der Waals surface area contributed by atoms with E-state index in [1.807, 2.05) is 6.92 Å². The van der Waals surface area contributed by atoms with E-state index in [0.717, 1.165) is 12.2 Å². The molecule has 22 heavy (non-hydrogen) atoms. The summed E-state index contributed by atoms with van der Waals surface area (Å²) in [6.07, 6.45) is 2.91. The van der Waals surface area contributed by atoms with Crippen molar-refractivity contribution in [2.75, 3.05) is 5.43 Å². The van der Waals surface area contributed by atoms with Gasteiger partial charge in [-0.3, -0.25) is 14.9 Å². The van der Waals surface area contributed by atoms with Gasteiger partial charge in [0.2, 0.25) is 0 Å². The molecule has 0 unspecified atom stereocenters. The first kappa shape index (κ1) is 16.5. The number of aryl methyl sites for hydroxylation is 1. The molecule has 118 valence electrons. The summed E-state index contributed by atoms with van der Waals surface area (Å²) < 4.78 is 1.74. The Morgan fingerprint density at radius 1 is 1.50 bits per heavy atom. The summed E-state index contributed by atoms with van der Waals surface area (Å²) in [5.74, 6) is 0.431. The van der Waals surface area contributed by atoms with Gasteiger partial charge in [0.15, 0.2) is 0 Å². The van der Waals surface area contributed by atoms with Crippen LogP contribution in [0, 0.1) is 12.8 Å². The summed E-state index contributed by atoms with van der Waals surface area (Å²) in [6, 6.07) is 0. The number of H-pyrrole nitrogens is 1. The Morgan fingerprint density at radius 3 is 2.91 bits per heavy atom. The molecule has 0 aliphatic carbocycles. The van der Waals surface area contributed by atoms with Crippen molar-refractivity contribution in [2.24, 2.45) is 11.0 Å². The lowest BCUT2D eigenvalue weighted by molar-refractivity contribution is 0.482. The van der Waals surface area contributed by atoms with Crippen LogP contribution < -0.4 is 11.0 Å². The van der Waals surface area contributed by atoms with Crippen molar-refractivity contribution in [3.8, 4) is 0 Å². The number of rotatable bonds is 5. The molecule has 9 heteroatoms. The van der Waals surface area contributed by atoms with Crippen LogP contribution in [0.2, 0.25) is 10.2 Å². The lowest BCUT2D eigenvalue weighted by Gasteiger charge is -2.05. The van der Waals surface area contributed by atoms with Gasteiger partial charge < -0.3 is 0 Å². The predicted octanol–water partition coefficient (Wildman–Crippen LogP) is 2.68. The zero-order chi connectivity index (χ0) is 16.3. The quantitative estimate of drug-likeness (QED) is 0.645. The molecule has 2 aromatic heterocycles. The predicted molar refractivity (Wildman–Crippen MR) is 87.9 cm³/mol. The van der Waals surface area contributed by atoms with Crippen molar-refractivity contribution in [1.82, 2.24) is 20.0 Å². The number of anilines is 1. The van der Waals surface area contributed by atoms with E-state index in [0.29, 0.717) is 22.3 Å². The van der Waals surface area contributed by atoms with Crippen molar-refractivity contribution in [3.05, 3.63) is 38.0 Å². The molecule has 0 bridgehead atoms. The Balaban J connectivity index is 2.18. The first-order chi connectivity index (χ1) is 10.4. The molecule has 0 spiro atoms. The van der Waals surface area contributed by atoms with Crippen LogP contribution in [-0.2, 0) is 6.54 Å². The van der Waals surface area contributed by atoms with E-state index < -0.39 is 5.56 Å². The number of aromatic nitrogens is 4. The first-order valence-corrected chi connectivity index (χ1v) is 7.41. The monoisotopic (exact) mass is 342 g/mol. The highest BCUT2D eigenvalue weighted by Crippen LogP contribution is 2.19. The maximum atomic E-state index is 11.3. The minimum Gasteiger partial charge on any atom is -0.275 e. The third-order valence-corrected chi connectivity index (χ3v) is 3.60. The van der Waals surface area contributed by atoms with E-state index >= 15 is 0 Å². The zero-order valence-electron chi connectivity index (χ0n) is 12.4. The second-order valence-corrected chi connectivity index (χ2v) is 5.90. The van der Waals surface area contributed by atoms with Gasteiger partial charge >= 0.3 is 0 Å². The van der Waals surface area contributed by atoms with E-state index in [4.69, 9.17) is 23.2 Å². The number of nitrogens with one attached hydrogen (secondary N) is 2. The summed E-state index contributed by atoms with van der Waals surface area (Å²) in [5.41, 5.74) is 3.97. The van der Waals surface area contributed by atoms with E-state index in [9.17, 15) is 4.79 Å². The minimum atomic E-state index is -0.485. The lowest BCUT2D eigenvalue weighted by atomic mass is 10.2. The molecule has 0 radical (unpaired) electrons. The van der Waals surface area contributed by atoms with Crippen molar-refractivity contribution < 1.29 is 0 Å². The fourth-order valence-electron chi connectivity index (χ4n) is 1.81. The van der Waals surface area contributed by atoms with Crippen LogP contribution in [0.1, 0.15) is 25.1 Å². The molecule has 2 rings (SSSR count). The van der Waals surface area contributed by atoms with Gasteiger partial charge in [-0.05, 0) is 12.8 Å². The molecule has 0 aliphatic rings. The van der Waals surface area contributed by atoms with E-state index in [1.165, 1.54) is 6.20 Å². The number of hydrogen-bond donors (Lipinski definition) is 2. The van der Waals surface area contributed by atoms with Crippen LogP contribution in [0.5, 0.6) is 0 Å². The molecule has 0 atom stereocenters. The topological polar surface area (TPSA) is 88.0 Å². The molecule has 0 aromatic carbocycles. The molecule has 0 aliphatic heterocycles. The Morgan fingerprint density at radius 2 is 2.23 bits per heavy atom. The van der Waals surface area contributed by atoms with Crippen LogP contribution in [0.15, 0.2) is 16.1 Å². The second kappa shape index (κ2) is 6.93. The van der Waals surface area contributed by atoms with Crippen molar-refractivity contribution in [3.63, 3.8) is 0 Å². The smallest absolute Gasteiger partial charge is 0.275 e. The summed E-state index contributed by atoms with van der Waals surface area (Å²) >= 11 is 12.1. The fourth-order valence-corrected chi connectivity index (χ4v) is 2.23. The Hall–Kier alpha value is -1.86. The summed E-state index contributed by atoms with van der Waals surface area (Å²) in [4.78, 5) is 11.3. The van der Waals surface area contributed by atoms with Gasteiger partial charge in [0.05, 0.1) is 23.7 Å². The summed E-state index contributed by atoms with van der Waals surface area (Å²) in [7, 11) is 0. The van der Waals surface area contributed by atoms with E-state index in [-0.39, 0.29) is 5.02 Å². The van der Waals surface area contributed by atoms with Gasteiger partial charge in [0.1, 0.15) is 15.9 Å². The summed E-state index contributed by atoms with van der Waals surface area (Å²) in [6.45, 7) is 6.76. The van der Waals surface area contributed by atoms with Gasteiger partial charge in [0.25, 0.3) is 5.56 Å². The third-order valence-electron chi connectivity index (χ3n) is 2.82. The highest BCUT2D eigenvalue weighted by Gasteiger charge is 2.12. The third kappa shape index (κ3) is 3.66. The van der Waals surface area contributed by atoms with Gasteiger partial charge in [-0.25, -0.2) is 5.10 Å². The molecule has 0 amide bonds. The second-order valence-electron chi connectivity index (χ2n) is 5.16. The lowest BCUT2D eigenvalue weighted by Crippen LogP contribution is -2.10. The molecular weight excluding hydrogens is 327 g/mol. The van der Waals surface area contributed by atoms with Crippen molar-refractivity contribution in [2.45, 2.75) is 27.3 Å². The Bertz CT molecular complexity index is 749. The van der Waals surface area contributed by atoms with Crippen LogP contribution in [0.25, 0.3) is 0 Å². The number of nitrogens with zero attached hydrogens (tertiary/aromatic N) is 4. The van der Waals surface area contributed by atoms with Gasteiger partial charge in [-0.2, -0.15) is 15.3 Å². The highest BCUT2D eigenvalue weighted by molar-refractivity contribution is 6.33. The molecule has 2 aromatic rings. The largest absolute Gasteiger partial charge is 0.285 e. The SMILES string of the molecule is Cc1nn(CC(C)C)c(Cl)c1/C=N\Nc1cn[nH]c(=O)c1Cl. The molecular formula is C13H16Cl2N6O. The molecule has 0 fully saturated rings. The van der Waals surface area contributed by atoms with Gasteiger partial charge in [0, 0.05) is 6.54 Å². The van der Waals surface area contributed by atoms with Crippen LogP contribution in [0.3, 0.4) is 0 Å². The molecule has 2 N–H and O–H groups in total. The van der Waals surface area contributed by atoms with Crippen LogP contribution in [0.4, 0.5) is 5.69 Å². The minimum absolute atomic E-state index is 0.00882. The fraction of sp³-hybridized carbons (Fsp3) is 0.385. The molecule has 7 nitrogen and oxygen atoms in total. The van der Waals surface area contributed by atoms with Gasteiger partial charge in [-0.15, -0.1) is 0 Å². The Labute approximate surface area is 137 Å². The molecule has 0 saturated carbocycles. The average Bonchev–Trinajstić information content (AvgIpc) is 2.70. The number of hydrazone groups is 1. The van der Waals surface area contributed by atoms with E-state index in [1.54, 1.807) is 10.9 Å². The normalized spacial score (nSPS) is 11.5. The summed E-state index contributed by atoms with van der Waals surface area (Å²) in [5, 5.41) is 14.8. The van der Waals surface area contributed by atoms with Crippen LogP contribution >= 0.6 is 23.2 Å². The maximum absolute atomic E-state index is 11.3. The molecule has 0 saturated heterocycles. The highest BCUT2D eigenvalue weighted by atomic mass is 35.5. The average molecular weight is 343 g/mol. The number of halogens is 2. The maximum Gasteiger partial charge on any atom is 0.285 e. The number of hydrogen-bond acceptors (Lipinski definition) is 5.